The number of rotatable bonds is 3. The van der Waals surface area contributed by atoms with Crippen LogP contribution in [-0.4, -0.2) is 58.3 Å². The number of anilines is 1. The van der Waals surface area contributed by atoms with Gasteiger partial charge < -0.3 is 14.8 Å². The van der Waals surface area contributed by atoms with E-state index in [0.717, 1.165) is 0 Å². The van der Waals surface area contributed by atoms with Crippen molar-refractivity contribution in [3.05, 3.63) is 17.5 Å². The number of esters is 1. The topological polar surface area (TPSA) is 93.6 Å². The molecule has 1 saturated heterocycles. The SMILES string of the molecule is COC(=O)[C@@H]1C[C@H](Nc2cc(Cl)ncn2)CN1C(=O)OC(C)(C)C. The Bertz CT molecular complexity index is 620. The molecule has 1 aromatic rings. The third-order valence-corrected chi connectivity index (χ3v) is 3.59. The lowest BCUT2D eigenvalue weighted by Gasteiger charge is -2.27. The maximum atomic E-state index is 12.4. The zero-order chi connectivity index (χ0) is 17.9. The van der Waals surface area contributed by atoms with Gasteiger partial charge in [0.05, 0.1) is 7.11 Å². The van der Waals surface area contributed by atoms with Crippen molar-refractivity contribution in [2.75, 3.05) is 19.0 Å². The molecule has 9 heteroatoms. The Morgan fingerprint density at radius 3 is 2.67 bits per heavy atom. The van der Waals surface area contributed by atoms with Crippen LogP contribution < -0.4 is 5.32 Å². The Morgan fingerprint density at radius 2 is 2.08 bits per heavy atom. The number of carbonyl (C=O) groups excluding carboxylic acids is 2. The van der Waals surface area contributed by atoms with Gasteiger partial charge >= 0.3 is 12.1 Å². The number of nitrogens with zero attached hydrogens (tertiary/aromatic N) is 3. The third-order valence-electron chi connectivity index (χ3n) is 3.39. The summed E-state index contributed by atoms with van der Waals surface area (Å²) in [6.07, 6.45) is 1.17. The van der Waals surface area contributed by atoms with E-state index in [4.69, 9.17) is 21.1 Å². The number of amides is 1. The van der Waals surface area contributed by atoms with E-state index in [0.29, 0.717) is 17.4 Å². The number of aromatic nitrogens is 2. The highest BCUT2D eigenvalue weighted by Gasteiger charge is 2.42. The van der Waals surface area contributed by atoms with Gasteiger partial charge in [0.1, 0.15) is 28.9 Å². The monoisotopic (exact) mass is 356 g/mol. The van der Waals surface area contributed by atoms with Crippen LogP contribution in [0.15, 0.2) is 12.4 Å². The van der Waals surface area contributed by atoms with E-state index in [1.54, 1.807) is 26.8 Å². The molecule has 1 aromatic heterocycles. The molecule has 0 aromatic carbocycles. The molecule has 0 radical (unpaired) electrons. The number of carbonyl (C=O) groups is 2. The van der Waals surface area contributed by atoms with Crippen molar-refractivity contribution in [1.29, 1.82) is 0 Å². The molecule has 0 saturated carbocycles. The van der Waals surface area contributed by atoms with Crippen molar-refractivity contribution in [1.82, 2.24) is 14.9 Å². The van der Waals surface area contributed by atoms with Gasteiger partial charge in [-0.25, -0.2) is 19.6 Å². The summed E-state index contributed by atoms with van der Waals surface area (Å²) in [6, 6.07) is 0.678. The van der Waals surface area contributed by atoms with E-state index in [2.05, 4.69) is 15.3 Å². The van der Waals surface area contributed by atoms with E-state index >= 15 is 0 Å². The fourth-order valence-corrected chi connectivity index (χ4v) is 2.59. The summed E-state index contributed by atoms with van der Waals surface area (Å²) < 4.78 is 10.2. The van der Waals surface area contributed by atoms with Gasteiger partial charge in [0.25, 0.3) is 0 Å². The molecular formula is C15H21ClN4O4. The van der Waals surface area contributed by atoms with Crippen LogP contribution in [0.1, 0.15) is 27.2 Å². The van der Waals surface area contributed by atoms with Crippen LogP contribution in [0.2, 0.25) is 5.15 Å². The number of hydrogen-bond acceptors (Lipinski definition) is 7. The maximum absolute atomic E-state index is 12.4. The van der Waals surface area contributed by atoms with E-state index in [1.807, 2.05) is 0 Å². The fraction of sp³-hybridized carbons (Fsp3) is 0.600. The summed E-state index contributed by atoms with van der Waals surface area (Å²) in [5, 5.41) is 3.45. The van der Waals surface area contributed by atoms with Crippen LogP contribution in [0.4, 0.5) is 10.6 Å². The third kappa shape index (κ3) is 4.70. The molecule has 1 aliphatic rings. The van der Waals surface area contributed by atoms with Crippen LogP contribution >= 0.6 is 11.6 Å². The quantitative estimate of drug-likeness (QED) is 0.654. The van der Waals surface area contributed by atoms with Gasteiger partial charge in [-0.05, 0) is 20.8 Å². The van der Waals surface area contributed by atoms with Crippen molar-refractivity contribution >= 4 is 29.5 Å². The van der Waals surface area contributed by atoms with Crippen LogP contribution in [0, 0.1) is 0 Å². The van der Waals surface area contributed by atoms with Gasteiger partial charge in [0.2, 0.25) is 0 Å². The number of hydrogen-bond donors (Lipinski definition) is 1. The summed E-state index contributed by atoms with van der Waals surface area (Å²) in [7, 11) is 1.29. The summed E-state index contributed by atoms with van der Waals surface area (Å²) in [5.41, 5.74) is -0.649. The van der Waals surface area contributed by atoms with E-state index in [9.17, 15) is 9.59 Å². The van der Waals surface area contributed by atoms with Crippen LogP contribution in [0.25, 0.3) is 0 Å². The summed E-state index contributed by atoms with van der Waals surface area (Å²) in [4.78, 5) is 33.6. The first kappa shape index (κ1) is 18.3. The van der Waals surface area contributed by atoms with Crippen molar-refractivity contribution in [3.63, 3.8) is 0 Å². The molecule has 2 rings (SSSR count). The average Bonchev–Trinajstić information content (AvgIpc) is 2.88. The second-order valence-corrected chi connectivity index (χ2v) is 6.86. The maximum Gasteiger partial charge on any atom is 0.411 e. The lowest BCUT2D eigenvalue weighted by atomic mass is 10.1. The second-order valence-electron chi connectivity index (χ2n) is 6.47. The molecule has 8 nitrogen and oxygen atoms in total. The zero-order valence-corrected chi connectivity index (χ0v) is 14.8. The van der Waals surface area contributed by atoms with Crippen molar-refractivity contribution in [2.24, 2.45) is 0 Å². The first-order chi connectivity index (χ1) is 11.2. The molecule has 24 heavy (non-hydrogen) atoms. The molecule has 1 N–H and O–H groups in total. The van der Waals surface area contributed by atoms with Gasteiger partial charge in [-0.1, -0.05) is 11.6 Å². The number of halogens is 1. The molecule has 1 fully saturated rings. The normalized spacial score (nSPS) is 20.6. The molecule has 0 bridgehead atoms. The molecular weight excluding hydrogens is 336 g/mol. The van der Waals surface area contributed by atoms with Crippen LogP contribution in [-0.2, 0) is 14.3 Å². The molecule has 132 valence electrons. The predicted octanol–water partition coefficient (Wildman–Crippen LogP) is 2.09. The van der Waals surface area contributed by atoms with Crippen molar-refractivity contribution < 1.29 is 19.1 Å². The Morgan fingerprint density at radius 1 is 1.38 bits per heavy atom. The van der Waals surface area contributed by atoms with Crippen LogP contribution in [0.3, 0.4) is 0 Å². The molecule has 0 unspecified atom stereocenters. The van der Waals surface area contributed by atoms with Crippen molar-refractivity contribution in [3.8, 4) is 0 Å². The van der Waals surface area contributed by atoms with Crippen LogP contribution in [0.5, 0.6) is 0 Å². The standard InChI is InChI=1S/C15H21ClN4O4/c1-15(2,3)24-14(22)20-7-9(5-10(20)13(21)23-4)19-12-6-11(16)17-8-18-12/h6,8-10H,5,7H2,1-4H3,(H,17,18,19)/t9-,10-/m0/s1. The van der Waals surface area contributed by atoms with Crippen molar-refractivity contribution in [2.45, 2.75) is 44.9 Å². The van der Waals surface area contributed by atoms with E-state index in [-0.39, 0.29) is 12.6 Å². The highest BCUT2D eigenvalue weighted by Crippen LogP contribution is 2.24. The Kier molecular flexibility index (Phi) is 5.48. The highest BCUT2D eigenvalue weighted by atomic mass is 35.5. The average molecular weight is 357 g/mol. The number of nitrogens with one attached hydrogen (secondary N) is 1. The van der Waals surface area contributed by atoms with Gasteiger partial charge in [-0.15, -0.1) is 0 Å². The molecule has 1 amide bonds. The molecule has 1 aliphatic heterocycles. The van der Waals surface area contributed by atoms with Gasteiger partial charge in [-0.3, -0.25) is 4.90 Å². The molecule has 0 aliphatic carbocycles. The first-order valence-electron chi connectivity index (χ1n) is 7.51. The molecule has 0 spiro atoms. The minimum Gasteiger partial charge on any atom is -0.467 e. The fourth-order valence-electron chi connectivity index (χ4n) is 2.44. The molecule has 2 atom stereocenters. The Hall–Kier alpha value is -2.09. The Balaban J connectivity index is 2.11. The predicted molar refractivity (Wildman–Crippen MR) is 87.8 cm³/mol. The molecule has 2 heterocycles. The zero-order valence-electron chi connectivity index (χ0n) is 14.1. The first-order valence-corrected chi connectivity index (χ1v) is 7.89. The number of ether oxygens (including phenoxy) is 2. The van der Waals surface area contributed by atoms with Gasteiger partial charge in [-0.2, -0.15) is 0 Å². The lowest BCUT2D eigenvalue weighted by molar-refractivity contribution is -0.145. The minimum atomic E-state index is -0.709. The second kappa shape index (κ2) is 7.21. The summed E-state index contributed by atoms with van der Waals surface area (Å²) in [6.45, 7) is 5.60. The van der Waals surface area contributed by atoms with E-state index in [1.165, 1.54) is 18.3 Å². The largest absolute Gasteiger partial charge is 0.467 e. The summed E-state index contributed by atoms with van der Waals surface area (Å²) >= 11 is 5.83. The summed E-state index contributed by atoms with van der Waals surface area (Å²) in [5.74, 6) is 0.0422. The van der Waals surface area contributed by atoms with E-state index < -0.39 is 23.7 Å². The lowest BCUT2D eigenvalue weighted by Crippen LogP contribution is -2.44. The van der Waals surface area contributed by atoms with Gasteiger partial charge in [0.15, 0.2) is 0 Å². The smallest absolute Gasteiger partial charge is 0.411 e. The highest BCUT2D eigenvalue weighted by molar-refractivity contribution is 6.29. The Labute approximate surface area is 145 Å². The number of likely N-dealkylation sites (tertiary alicyclic amines) is 1. The minimum absolute atomic E-state index is 0.187. The number of methoxy groups -OCH3 is 1. The van der Waals surface area contributed by atoms with Gasteiger partial charge in [0, 0.05) is 25.1 Å².